The predicted octanol–water partition coefficient (Wildman–Crippen LogP) is 1.10. The largest absolute Gasteiger partial charge is 0.382 e. The molecule has 0 aliphatic rings. The summed E-state index contributed by atoms with van der Waals surface area (Å²) in [5.41, 5.74) is 10.1. The summed E-state index contributed by atoms with van der Waals surface area (Å²) >= 11 is 0. The zero-order valence-corrected chi connectivity index (χ0v) is 9.65. The second-order valence-electron chi connectivity index (χ2n) is 3.65. The first-order valence-corrected chi connectivity index (χ1v) is 5.14. The van der Waals surface area contributed by atoms with E-state index in [9.17, 15) is 0 Å². The summed E-state index contributed by atoms with van der Waals surface area (Å²) in [6, 6.07) is 7.15. The Labute approximate surface area is 103 Å². The summed E-state index contributed by atoms with van der Waals surface area (Å²) in [7, 11) is 0. The van der Waals surface area contributed by atoms with E-state index in [1.165, 1.54) is 0 Å². The number of hydrogen-bond donors (Lipinski definition) is 4. The summed E-state index contributed by atoms with van der Waals surface area (Å²) in [5, 5.41) is 19.6. The van der Waals surface area contributed by atoms with E-state index >= 15 is 0 Å². The fourth-order valence-electron chi connectivity index (χ4n) is 1.47. The van der Waals surface area contributed by atoms with E-state index in [-0.39, 0.29) is 11.5 Å². The molecule has 0 atom stereocenters. The first kappa shape index (κ1) is 11.6. The second kappa shape index (κ2) is 4.55. The van der Waals surface area contributed by atoms with Crippen molar-refractivity contribution in [3.05, 3.63) is 24.0 Å². The van der Waals surface area contributed by atoms with E-state index in [2.05, 4.69) is 20.5 Å². The van der Waals surface area contributed by atoms with E-state index in [1.807, 2.05) is 19.1 Å². The minimum absolute atomic E-state index is 0.157. The van der Waals surface area contributed by atoms with Crippen LogP contribution in [0.3, 0.4) is 0 Å². The van der Waals surface area contributed by atoms with Crippen LogP contribution in [0.5, 0.6) is 0 Å². The molecule has 0 bridgehead atoms. The maximum absolute atomic E-state index is 8.69. The molecule has 2 rings (SSSR count). The van der Waals surface area contributed by atoms with Crippen LogP contribution in [-0.2, 0) is 0 Å². The molecule has 1 heterocycles. The number of aromatic nitrogens is 2. The molecule has 1 aromatic carbocycles. The molecule has 0 radical (unpaired) electrons. The summed E-state index contributed by atoms with van der Waals surface area (Å²) in [6.45, 7) is 1.87. The third kappa shape index (κ3) is 2.27. The van der Waals surface area contributed by atoms with E-state index in [1.54, 1.807) is 12.1 Å². The van der Waals surface area contributed by atoms with Gasteiger partial charge in [0.05, 0.1) is 16.7 Å². The van der Waals surface area contributed by atoms with Crippen molar-refractivity contribution in [1.29, 1.82) is 10.7 Å². The van der Waals surface area contributed by atoms with Gasteiger partial charge in [-0.05, 0) is 25.1 Å². The van der Waals surface area contributed by atoms with E-state index in [0.717, 1.165) is 16.9 Å². The quantitative estimate of drug-likeness (QED) is 0.364. The van der Waals surface area contributed by atoms with Crippen LogP contribution in [0.2, 0.25) is 0 Å². The van der Waals surface area contributed by atoms with Gasteiger partial charge < -0.3 is 10.7 Å². The maximum atomic E-state index is 8.69. The molecule has 0 aliphatic carbocycles. The van der Waals surface area contributed by atoms with Gasteiger partial charge in [-0.15, -0.1) is 0 Å². The van der Waals surface area contributed by atoms with Crippen molar-refractivity contribution in [2.24, 2.45) is 10.8 Å². The number of imidazole rings is 1. The van der Waals surface area contributed by atoms with Crippen LogP contribution < -0.4 is 11.2 Å². The van der Waals surface area contributed by atoms with Gasteiger partial charge in [0.25, 0.3) is 0 Å². The molecular formula is C11H11N7. The van der Waals surface area contributed by atoms with Gasteiger partial charge in [0.2, 0.25) is 5.71 Å². The van der Waals surface area contributed by atoms with Crippen molar-refractivity contribution in [2.75, 3.05) is 5.43 Å². The summed E-state index contributed by atoms with van der Waals surface area (Å²) in [6.07, 6.45) is 0. The third-order valence-electron chi connectivity index (χ3n) is 2.26. The third-order valence-corrected chi connectivity index (χ3v) is 2.26. The normalized spacial score (nSPS) is 11.2. The van der Waals surface area contributed by atoms with Crippen LogP contribution >= 0.6 is 0 Å². The average Bonchev–Trinajstić information content (AvgIpc) is 2.68. The van der Waals surface area contributed by atoms with Crippen molar-refractivity contribution in [3.63, 3.8) is 0 Å². The number of H-pyrrole nitrogens is 1. The summed E-state index contributed by atoms with van der Waals surface area (Å²) in [4.78, 5) is 7.36. The molecule has 0 amide bonds. The summed E-state index contributed by atoms with van der Waals surface area (Å²) in [5.74, 6) is 0.454. The molecule has 0 spiro atoms. The van der Waals surface area contributed by atoms with Crippen molar-refractivity contribution in [1.82, 2.24) is 9.97 Å². The standard InChI is InChI=1S/C11H11N7/c1-6-15-8-3-2-7(4-9(8)16-6)17-18-10(5-12)11(13)14/h2-4,17H,1H3,(H3,13,14)(H,15,16)/b18-10+. The Hall–Kier alpha value is -2.88. The zero-order valence-electron chi connectivity index (χ0n) is 9.65. The molecule has 7 nitrogen and oxygen atoms in total. The topological polar surface area (TPSA) is 127 Å². The number of anilines is 1. The van der Waals surface area contributed by atoms with Crippen LogP contribution in [0, 0.1) is 23.7 Å². The number of rotatable bonds is 3. The van der Waals surface area contributed by atoms with Gasteiger partial charge >= 0.3 is 0 Å². The van der Waals surface area contributed by atoms with Crippen molar-refractivity contribution >= 4 is 28.3 Å². The molecule has 90 valence electrons. The Bertz CT molecular complexity index is 674. The Morgan fingerprint density at radius 2 is 2.39 bits per heavy atom. The highest BCUT2D eigenvalue weighted by molar-refractivity contribution is 6.45. The molecule has 0 saturated carbocycles. The lowest BCUT2D eigenvalue weighted by atomic mass is 10.3. The number of aromatic amines is 1. The molecule has 0 fully saturated rings. The number of fused-ring (bicyclic) bond motifs is 1. The van der Waals surface area contributed by atoms with Gasteiger partial charge in [0.15, 0.2) is 5.84 Å². The number of benzene rings is 1. The van der Waals surface area contributed by atoms with Crippen LogP contribution in [0.15, 0.2) is 23.3 Å². The number of nitrogens with two attached hydrogens (primary N) is 1. The van der Waals surface area contributed by atoms with E-state index < -0.39 is 0 Å². The SMILES string of the molecule is Cc1nc2ccc(N/N=C(\C#N)C(=N)N)cc2[nH]1. The Morgan fingerprint density at radius 3 is 3.06 bits per heavy atom. The maximum Gasteiger partial charge on any atom is 0.201 e. The molecule has 0 unspecified atom stereocenters. The summed E-state index contributed by atoms with van der Waals surface area (Å²) < 4.78 is 0. The van der Waals surface area contributed by atoms with Crippen LogP contribution in [0.25, 0.3) is 11.0 Å². The lowest BCUT2D eigenvalue weighted by molar-refractivity contribution is 1.17. The van der Waals surface area contributed by atoms with Crippen molar-refractivity contribution in [3.8, 4) is 6.07 Å². The zero-order chi connectivity index (χ0) is 13.1. The van der Waals surface area contributed by atoms with Gasteiger partial charge in [0, 0.05) is 0 Å². The highest BCUT2D eigenvalue weighted by Crippen LogP contribution is 2.16. The number of nitrogens with one attached hydrogen (secondary N) is 3. The molecule has 0 aliphatic heterocycles. The Balaban J connectivity index is 2.27. The number of aryl methyl sites for hydroxylation is 1. The van der Waals surface area contributed by atoms with Crippen LogP contribution in [-0.4, -0.2) is 21.5 Å². The lowest BCUT2D eigenvalue weighted by Gasteiger charge is -2.00. The van der Waals surface area contributed by atoms with E-state index in [0.29, 0.717) is 5.69 Å². The molecule has 5 N–H and O–H groups in total. The molecule has 7 heteroatoms. The van der Waals surface area contributed by atoms with Crippen molar-refractivity contribution < 1.29 is 0 Å². The molecule has 18 heavy (non-hydrogen) atoms. The van der Waals surface area contributed by atoms with Gasteiger partial charge in [-0.2, -0.15) is 10.4 Å². The fourth-order valence-corrected chi connectivity index (χ4v) is 1.47. The first-order chi connectivity index (χ1) is 8.60. The minimum atomic E-state index is -0.372. The van der Waals surface area contributed by atoms with Gasteiger partial charge in [-0.3, -0.25) is 10.8 Å². The van der Waals surface area contributed by atoms with Gasteiger partial charge in [0.1, 0.15) is 11.9 Å². The van der Waals surface area contributed by atoms with Gasteiger partial charge in [-0.1, -0.05) is 0 Å². The minimum Gasteiger partial charge on any atom is -0.382 e. The Kier molecular flexibility index (Phi) is 2.93. The predicted molar refractivity (Wildman–Crippen MR) is 69.4 cm³/mol. The first-order valence-electron chi connectivity index (χ1n) is 5.14. The smallest absolute Gasteiger partial charge is 0.201 e. The number of nitrogens with zero attached hydrogens (tertiary/aromatic N) is 3. The van der Waals surface area contributed by atoms with Crippen LogP contribution in [0.1, 0.15) is 5.82 Å². The average molecular weight is 241 g/mol. The number of amidine groups is 1. The number of hydrogen-bond acceptors (Lipinski definition) is 5. The van der Waals surface area contributed by atoms with Crippen molar-refractivity contribution in [2.45, 2.75) is 6.92 Å². The number of hydrazone groups is 1. The highest BCUT2D eigenvalue weighted by Gasteiger charge is 2.02. The molecular weight excluding hydrogens is 230 g/mol. The second-order valence-corrected chi connectivity index (χ2v) is 3.65. The fraction of sp³-hybridized carbons (Fsp3) is 0.0909. The molecule has 0 saturated heterocycles. The van der Waals surface area contributed by atoms with E-state index in [4.69, 9.17) is 16.4 Å². The number of nitriles is 1. The van der Waals surface area contributed by atoms with Crippen LogP contribution in [0.4, 0.5) is 5.69 Å². The highest BCUT2D eigenvalue weighted by atomic mass is 15.3. The Morgan fingerprint density at radius 1 is 1.61 bits per heavy atom. The molecule has 1 aromatic heterocycles. The molecule has 2 aromatic rings. The monoisotopic (exact) mass is 241 g/mol. The lowest BCUT2D eigenvalue weighted by Crippen LogP contribution is -2.21. The van der Waals surface area contributed by atoms with Gasteiger partial charge in [-0.25, -0.2) is 4.98 Å².